The van der Waals surface area contributed by atoms with Crippen LogP contribution in [0.1, 0.15) is 30.6 Å². The van der Waals surface area contributed by atoms with Gasteiger partial charge in [-0.15, -0.1) is 11.3 Å². The number of hydrogen-bond donors (Lipinski definition) is 2. The van der Waals surface area contributed by atoms with Crippen molar-refractivity contribution in [1.29, 1.82) is 0 Å². The molecule has 13 heavy (non-hydrogen) atoms. The van der Waals surface area contributed by atoms with Crippen molar-refractivity contribution in [2.75, 3.05) is 6.54 Å². The van der Waals surface area contributed by atoms with Gasteiger partial charge in [-0.2, -0.15) is 0 Å². The van der Waals surface area contributed by atoms with Crippen molar-refractivity contribution >= 4 is 11.3 Å². The van der Waals surface area contributed by atoms with Crippen molar-refractivity contribution in [3.05, 3.63) is 16.1 Å². The van der Waals surface area contributed by atoms with Crippen molar-refractivity contribution < 1.29 is 5.11 Å². The highest BCUT2D eigenvalue weighted by molar-refractivity contribution is 7.09. The number of nitrogens with zero attached hydrogens (tertiary/aromatic N) is 1. The van der Waals surface area contributed by atoms with Crippen LogP contribution in [0.2, 0.25) is 0 Å². The Morgan fingerprint density at radius 1 is 1.62 bits per heavy atom. The fraction of sp³-hybridized carbons (Fsp3) is 0.667. The normalized spacial score (nSPS) is 15.7. The van der Waals surface area contributed by atoms with E-state index in [1.807, 2.05) is 12.3 Å². The van der Waals surface area contributed by atoms with Crippen LogP contribution in [-0.2, 0) is 0 Å². The van der Waals surface area contributed by atoms with E-state index >= 15 is 0 Å². The summed E-state index contributed by atoms with van der Waals surface area (Å²) in [4.78, 5) is 4.36. The predicted molar refractivity (Wildman–Crippen MR) is 54.9 cm³/mol. The SMILES string of the molecule is Cc1csc(C(C)NC[C@H](C)O)n1. The number of nitrogens with one attached hydrogen (secondary N) is 1. The highest BCUT2D eigenvalue weighted by atomic mass is 32.1. The minimum Gasteiger partial charge on any atom is -0.392 e. The zero-order valence-electron chi connectivity index (χ0n) is 8.24. The molecular formula is C9H16N2OS. The third-order valence-corrected chi connectivity index (χ3v) is 2.87. The second-order valence-corrected chi connectivity index (χ2v) is 4.20. The number of aromatic nitrogens is 1. The number of rotatable bonds is 4. The molecule has 0 saturated carbocycles. The Kier molecular flexibility index (Phi) is 3.84. The van der Waals surface area contributed by atoms with Crippen molar-refractivity contribution in [3.8, 4) is 0 Å². The molecule has 0 aromatic carbocycles. The van der Waals surface area contributed by atoms with Gasteiger partial charge in [-0.25, -0.2) is 4.98 Å². The number of thiazole rings is 1. The molecule has 2 N–H and O–H groups in total. The summed E-state index contributed by atoms with van der Waals surface area (Å²) in [7, 11) is 0. The summed E-state index contributed by atoms with van der Waals surface area (Å²) >= 11 is 1.65. The van der Waals surface area contributed by atoms with Gasteiger partial charge >= 0.3 is 0 Å². The van der Waals surface area contributed by atoms with Gasteiger partial charge in [0, 0.05) is 17.6 Å². The fourth-order valence-corrected chi connectivity index (χ4v) is 1.83. The van der Waals surface area contributed by atoms with Gasteiger partial charge in [0.2, 0.25) is 0 Å². The van der Waals surface area contributed by atoms with E-state index in [4.69, 9.17) is 5.11 Å². The molecule has 74 valence electrons. The lowest BCUT2D eigenvalue weighted by molar-refractivity contribution is 0.187. The maximum Gasteiger partial charge on any atom is 0.110 e. The smallest absolute Gasteiger partial charge is 0.110 e. The highest BCUT2D eigenvalue weighted by Crippen LogP contribution is 2.16. The molecular weight excluding hydrogens is 184 g/mol. The maximum atomic E-state index is 9.07. The molecule has 0 aliphatic heterocycles. The third-order valence-electron chi connectivity index (χ3n) is 1.73. The first-order valence-corrected chi connectivity index (χ1v) is 5.31. The molecule has 0 aliphatic carbocycles. The monoisotopic (exact) mass is 200 g/mol. The summed E-state index contributed by atoms with van der Waals surface area (Å²) in [5, 5.41) is 15.4. The Balaban J connectivity index is 2.44. The Bertz CT molecular complexity index is 260. The molecule has 1 aromatic rings. The summed E-state index contributed by atoms with van der Waals surface area (Å²) in [5.74, 6) is 0. The Hall–Kier alpha value is -0.450. The molecule has 0 amide bonds. The van der Waals surface area contributed by atoms with Gasteiger partial charge in [0.05, 0.1) is 12.1 Å². The van der Waals surface area contributed by atoms with Gasteiger partial charge in [-0.3, -0.25) is 0 Å². The first-order chi connectivity index (χ1) is 6.09. The van der Waals surface area contributed by atoms with Crippen LogP contribution < -0.4 is 5.32 Å². The van der Waals surface area contributed by atoms with Gasteiger partial charge in [0.15, 0.2) is 0 Å². The van der Waals surface area contributed by atoms with Crippen molar-refractivity contribution in [1.82, 2.24) is 10.3 Å². The van der Waals surface area contributed by atoms with Crippen LogP contribution in [-0.4, -0.2) is 22.7 Å². The molecule has 0 fully saturated rings. The fourth-order valence-electron chi connectivity index (χ4n) is 1.01. The van der Waals surface area contributed by atoms with E-state index < -0.39 is 0 Å². The molecule has 2 atom stereocenters. The Morgan fingerprint density at radius 3 is 2.77 bits per heavy atom. The van der Waals surface area contributed by atoms with Crippen LogP contribution in [0.3, 0.4) is 0 Å². The lowest BCUT2D eigenvalue weighted by Crippen LogP contribution is -2.27. The number of hydrogen-bond acceptors (Lipinski definition) is 4. The van der Waals surface area contributed by atoms with E-state index in [-0.39, 0.29) is 12.1 Å². The number of aliphatic hydroxyl groups excluding tert-OH is 1. The third kappa shape index (κ3) is 3.42. The van der Waals surface area contributed by atoms with Crippen LogP contribution in [0, 0.1) is 6.92 Å². The van der Waals surface area contributed by atoms with E-state index in [1.165, 1.54) is 0 Å². The van der Waals surface area contributed by atoms with Crippen molar-refractivity contribution in [2.45, 2.75) is 32.9 Å². The summed E-state index contributed by atoms with van der Waals surface area (Å²) < 4.78 is 0. The van der Waals surface area contributed by atoms with E-state index in [0.29, 0.717) is 6.54 Å². The maximum absolute atomic E-state index is 9.07. The van der Waals surface area contributed by atoms with E-state index in [9.17, 15) is 0 Å². The van der Waals surface area contributed by atoms with Gasteiger partial charge in [0.1, 0.15) is 5.01 Å². The lowest BCUT2D eigenvalue weighted by atomic mass is 10.3. The Morgan fingerprint density at radius 2 is 2.31 bits per heavy atom. The zero-order valence-corrected chi connectivity index (χ0v) is 9.06. The molecule has 0 saturated heterocycles. The molecule has 1 heterocycles. The molecule has 0 aliphatic rings. The molecule has 4 heteroatoms. The molecule has 0 radical (unpaired) electrons. The van der Waals surface area contributed by atoms with Crippen LogP contribution >= 0.6 is 11.3 Å². The van der Waals surface area contributed by atoms with Gasteiger partial charge < -0.3 is 10.4 Å². The summed E-state index contributed by atoms with van der Waals surface area (Å²) in [5.41, 5.74) is 1.06. The molecule has 3 nitrogen and oxygen atoms in total. The van der Waals surface area contributed by atoms with Crippen molar-refractivity contribution in [2.24, 2.45) is 0 Å². The van der Waals surface area contributed by atoms with Gasteiger partial charge in [0.25, 0.3) is 0 Å². The molecule has 1 unspecified atom stereocenters. The summed E-state index contributed by atoms with van der Waals surface area (Å²) in [6, 6.07) is 0.230. The van der Waals surface area contributed by atoms with Crippen LogP contribution in [0.15, 0.2) is 5.38 Å². The van der Waals surface area contributed by atoms with E-state index in [1.54, 1.807) is 18.3 Å². The number of aliphatic hydroxyl groups is 1. The highest BCUT2D eigenvalue weighted by Gasteiger charge is 2.08. The predicted octanol–water partition coefficient (Wildman–Crippen LogP) is 1.48. The average molecular weight is 200 g/mol. The Labute approximate surface area is 82.8 Å². The average Bonchev–Trinajstić information content (AvgIpc) is 2.47. The molecule has 0 spiro atoms. The molecule has 1 rings (SSSR count). The van der Waals surface area contributed by atoms with Crippen molar-refractivity contribution in [3.63, 3.8) is 0 Å². The quantitative estimate of drug-likeness (QED) is 0.774. The summed E-state index contributed by atoms with van der Waals surface area (Å²) in [6.07, 6.45) is -0.302. The summed E-state index contributed by atoms with van der Waals surface area (Å²) in [6.45, 7) is 6.43. The minimum atomic E-state index is -0.302. The minimum absolute atomic E-state index is 0.230. The van der Waals surface area contributed by atoms with Crippen LogP contribution in [0.4, 0.5) is 0 Å². The zero-order chi connectivity index (χ0) is 9.84. The largest absolute Gasteiger partial charge is 0.392 e. The first-order valence-electron chi connectivity index (χ1n) is 4.43. The van der Waals surface area contributed by atoms with Crippen LogP contribution in [0.25, 0.3) is 0 Å². The van der Waals surface area contributed by atoms with E-state index in [0.717, 1.165) is 10.7 Å². The molecule has 0 bridgehead atoms. The number of aryl methyl sites for hydroxylation is 1. The first kappa shape index (κ1) is 10.6. The lowest BCUT2D eigenvalue weighted by Gasteiger charge is -2.12. The van der Waals surface area contributed by atoms with E-state index in [2.05, 4.69) is 17.2 Å². The standard InChI is InChI=1S/C9H16N2OS/c1-6-5-13-9(11-6)8(3)10-4-7(2)12/h5,7-8,10,12H,4H2,1-3H3/t7-,8?/m0/s1. The second-order valence-electron chi connectivity index (χ2n) is 3.31. The van der Waals surface area contributed by atoms with Gasteiger partial charge in [-0.05, 0) is 20.8 Å². The van der Waals surface area contributed by atoms with Crippen LogP contribution in [0.5, 0.6) is 0 Å². The topological polar surface area (TPSA) is 45.1 Å². The van der Waals surface area contributed by atoms with Gasteiger partial charge in [-0.1, -0.05) is 0 Å². The second kappa shape index (κ2) is 4.69. The molecule has 1 aromatic heterocycles.